The maximum Gasteiger partial charge on any atom is 0.267 e. The molecule has 1 heterocycles. The van der Waals surface area contributed by atoms with Crippen molar-refractivity contribution < 1.29 is 8.42 Å². The Morgan fingerprint density at radius 3 is 2.73 bits per heavy atom. The van der Waals surface area contributed by atoms with E-state index in [1.165, 1.54) is 6.08 Å². The first-order valence-electron chi connectivity index (χ1n) is 2.75. The molecular formula is C5H4ClNO2S2. The topological polar surface area (TPSA) is 57.9 Å². The van der Waals surface area contributed by atoms with Gasteiger partial charge in [-0.15, -0.1) is 0 Å². The van der Waals surface area contributed by atoms with Crippen LogP contribution in [-0.4, -0.2) is 13.7 Å². The summed E-state index contributed by atoms with van der Waals surface area (Å²) in [5.41, 5.74) is 0. The lowest BCUT2D eigenvalue weighted by Crippen LogP contribution is -1.92. The lowest BCUT2D eigenvalue weighted by atomic mass is 10.3. The second kappa shape index (κ2) is 3.05. The fraction of sp³-hybridized carbons (Fsp3) is 0.400. The van der Waals surface area contributed by atoms with Gasteiger partial charge in [0.15, 0.2) is 0 Å². The molecule has 0 aromatic carbocycles. The number of rotatable bonds is 1. The van der Waals surface area contributed by atoms with Crippen LogP contribution in [0, 0.1) is 11.3 Å². The largest absolute Gasteiger partial charge is 0.267 e. The van der Waals surface area contributed by atoms with Crippen LogP contribution in [0.1, 0.15) is 6.42 Å². The minimum atomic E-state index is -3.60. The molecule has 0 radical (unpaired) electrons. The molecule has 1 rings (SSSR count). The van der Waals surface area contributed by atoms with E-state index in [1.807, 2.05) is 6.07 Å². The summed E-state index contributed by atoms with van der Waals surface area (Å²) in [6.07, 6.45) is 1.93. The van der Waals surface area contributed by atoms with E-state index in [4.69, 9.17) is 15.9 Å². The first-order valence-corrected chi connectivity index (χ1v) is 5.94. The van der Waals surface area contributed by atoms with Gasteiger partial charge in [-0.3, -0.25) is 0 Å². The van der Waals surface area contributed by atoms with Crippen molar-refractivity contribution in [1.29, 1.82) is 5.26 Å². The third-order valence-corrected chi connectivity index (χ3v) is 4.49. The molecule has 0 amide bonds. The fourth-order valence-corrected chi connectivity index (χ4v) is 3.01. The Morgan fingerprint density at radius 2 is 2.45 bits per heavy atom. The van der Waals surface area contributed by atoms with Crippen molar-refractivity contribution in [3.63, 3.8) is 0 Å². The zero-order valence-electron chi connectivity index (χ0n) is 5.32. The van der Waals surface area contributed by atoms with Crippen molar-refractivity contribution >= 4 is 31.5 Å². The van der Waals surface area contributed by atoms with Gasteiger partial charge in [-0.1, -0.05) is 17.8 Å². The molecule has 0 saturated heterocycles. The molecule has 0 N–H and O–H groups in total. The van der Waals surface area contributed by atoms with Crippen LogP contribution in [0.25, 0.3) is 0 Å². The van der Waals surface area contributed by atoms with Crippen molar-refractivity contribution in [2.45, 2.75) is 11.7 Å². The highest BCUT2D eigenvalue weighted by Gasteiger charge is 2.25. The SMILES string of the molecule is N#CC1CC=C(S(=O)(=O)Cl)S1. The molecule has 0 bridgehead atoms. The van der Waals surface area contributed by atoms with E-state index in [0.717, 1.165) is 11.8 Å². The lowest BCUT2D eigenvalue weighted by molar-refractivity contribution is 0.616. The normalized spacial score (nSPS) is 24.4. The molecule has 0 saturated carbocycles. The molecule has 0 fully saturated rings. The molecule has 60 valence electrons. The van der Waals surface area contributed by atoms with Crippen LogP contribution in [0.15, 0.2) is 10.3 Å². The second-order valence-electron chi connectivity index (χ2n) is 1.93. The highest BCUT2D eigenvalue weighted by molar-refractivity contribution is 8.29. The van der Waals surface area contributed by atoms with Crippen molar-refractivity contribution in [3.8, 4) is 6.07 Å². The van der Waals surface area contributed by atoms with E-state index in [0.29, 0.717) is 6.42 Å². The van der Waals surface area contributed by atoms with Crippen molar-refractivity contribution in [3.05, 3.63) is 10.3 Å². The number of nitriles is 1. The summed E-state index contributed by atoms with van der Waals surface area (Å²) in [7, 11) is 1.44. The minimum Gasteiger partial charge on any atom is -0.206 e. The number of halogens is 1. The maximum absolute atomic E-state index is 10.7. The van der Waals surface area contributed by atoms with Gasteiger partial charge in [0.25, 0.3) is 9.05 Å². The maximum atomic E-state index is 10.7. The molecule has 0 aromatic rings. The highest BCUT2D eigenvalue weighted by Crippen LogP contribution is 2.36. The standard InChI is InChI=1S/C5H4ClNO2S2/c6-11(8,9)5-2-1-4(3-7)10-5/h2,4H,1H2. The molecule has 1 aliphatic heterocycles. The lowest BCUT2D eigenvalue weighted by Gasteiger charge is -1.95. The van der Waals surface area contributed by atoms with Gasteiger partial charge in [0.05, 0.1) is 6.07 Å². The Labute approximate surface area is 73.5 Å². The van der Waals surface area contributed by atoms with Crippen LogP contribution in [0.3, 0.4) is 0 Å². The van der Waals surface area contributed by atoms with Crippen molar-refractivity contribution in [2.75, 3.05) is 0 Å². The summed E-state index contributed by atoms with van der Waals surface area (Å²) in [6.45, 7) is 0. The molecule has 3 nitrogen and oxygen atoms in total. The van der Waals surface area contributed by atoms with Gasteiger partial charge in [-0.2, -0.15) is 5.26 Å². The van der Waals surface area contributed by atoms with E-state index in [-0.39, 0.29) is 9.49 Å². The quantitative estimate of drug-likeness (QED) is 0.613. The Kier molecular flexibility index (Phi) is 2.47. The van der Waals surface area contributed by atoms with Gasteiger partial charge in [-0.05, 0) is 6.42 Å². The summed E-state index contributed by atoms with van der Waals surface area (Å²) in [4.78, 5) is 0. The molecular weight excluding hydrogens is 206 g/mol. The van der Waals surface area contributed by atoms with E-state index < -0.39 is 9.05 Å². The van der Waals surface area contributed by atoms with Crippen LogP contribution >= 0.6 is 22.4 Å². The number of hydrogen-bond donors (Lipinski definition) is 0. The summed E-state index contributed by atoms with van der Waals surface area (Å²) < 4.78 is 21.4. The Bertz CT molecular complexity index is 327. The zero-order valence-corrected chi connectivity index (χ0v) is 7.71. The molecule has 1 unspecified atom stereocenters. The molecule has 6 heteroatoms. The molecule has 0 aromatic heterocycles. The highest BCUT2D eigenvalue weighted by atomic mass is 35.7. The first kappa shape index (κ1) is 8.91. The number of allylic oxidation sites excluding steroid dienone is 1. The smallest absolute Gasteiger partial charge is 0.206 e. The third kappa shape index (κ3) is 2.12. The summed E-state index contributed by atoms with van der Waals surface area (Å²) in [5, 5.41) is 8.11. The number of nitrogens with zero attached hydrogens (tertiary/aromatic N) is 1. The van der Waals surface area contributed by atoms with Crippen molar-refractivity contribution in [2.24, 2.45) is 0 Å². The monoisotopic (exact) mass is 209 g/mol. The fourth-order valence-electron chi connectivity index (χ4n) is 0.676. The van der Waals surface area contributed by atoms with Gasteiger partial charge in [-0.25, -0.2) is 8.42 Å². The predicted molar refractivity (Wildman–Crippen MR) is 44.5 cm³/mol. The molecule has 1 atom stereocenters. The van der Waals surface area contributed by atoms with Gasteiger partial charge in [0.2, 0.25) is 0 Å². The molecule has 1 aliphatic rings. The predicted octanol–water partition coefficient (Wildman–Crippen LogP) is 1.43. The first-order chi connectivity index (χ1) is 5.04. The van der Waals surface area contributed by atoms with E-state index in [1.54, 1.807) is 0 Å². The molecule has 0 spiro atoms. The number of hydrogen-bond acceptors (Lipinski definition) is 4. The van der Waals surface area contributed by atoms with Gasteiger partial charge in [0.1, 0.15) is 9.49 Å². The molecule has 11 heavy (non-hydrogen) atoms. The van der Waals surface area contributed by atoms with Crippen LogP contribution in [-0.2, 0) is 9.05 Å². The van der Waals surface area contributed by atoms with Crippen LogP contribution in [0.4, 0.5) is 0 Å². The van der Waals surface area contributed by atoms with Crippen molar-refractivity contribution in [1.82, 2.24) is 0 Å². The Balaban J connectivity index is 2.78. The zero-order chi connectivity index (χ0) is 8.48. The van der Waals surface area contributed by atoms with E-state index >= 15 is 0 Å². The second-order valence-corrected chi connectivity index (χ2v) is 5.97. The summed E-state index contributed by atoms with van der Waals surface area (Å²) >= 11 is 0.998. The van der Waals surface area contributed by atoms with Crippen LogP contribution in [0.2, 0.25) is 0 Å². The summed E-state index contributed by atoms with van der Waals surface area (Å²) in [5.74, 6) is 0. The number of thioether (sulfide) groups is 1. The Hall–Kier alpha value is -0.180. The van der Waals surface area contributed by atoms with Crippen LogP contribution < -0.4 is 0 Å². The van der Waals surface area contributed by atoms with Gasteiger partial charge < -0.3 is 0 Å². The average Bonchev–Trinajstić information content (AvgIpc) is 2.32. The third-order valence-electron chi connectivity index (χ3n) is 1.14. The van der Waals surface area contributed by atoms with Gasteiger partial charge in [0, 0.05) is 10.7 Å². The average molecular weight is 210 g/mol. The Morgan fingerprint density at radius 1 is 1.82 bits per heavy atom. The van der Waals surface area contributed by atoms with E-state index in [9.17, 15) is 8.42 Å². The summed E-state index contributed by atoms with van der Waals surface area (Å²) in [6, 6.07) is 1.95. The minimum absolute atomic E-state index is 0.103. The van der Waals surface area contributed by atoms with E-state index in [2.05, 4.69) is 0 Å². The van der Waals surface area contributed by atoms with Gasteiger partial charge >= 0.3 is 0 Å². The van der Waals surface area contributed by atoms with Crippen LogP contribution in [0.5, 0.6) is 0 Å². The molecule has 0 aliphatic carbocycles.